The standard InChI is InChI=1S/C16H24N2O/c1-4-14(3)16(19)18-10-8-17(9-11-18)15-7-5-6-13(2)12-15/h5-7,12,14H,4,8-11H2,1-3H3. The van der Waals surface area contributed by atoms with E-state index in [4.69, 9.17) is 0 Å². The largest absolute Gasteiger partial charge is 0.368 e. The molecule has 1 aromatic carbocycles. The lowest BCUT2D eigenvalue weighted by atomic mass is 10.1. The highest BCUT2D eigenvalue weighted by molar-refractivity contribution is 5.78. The maximum absolute atomic E-state index is 12.1. The molecular weight excluding hydrogens is 236 g/mol. The van der Waals surface area contributed by atoms with Gasteiger partial charge >= 0.3 is 0 Å². The number of piperazine rings is 1. The fourth-order valence-electron chi connectivity index (χ4n) is 2.50. The van der Waals surface area contributed by atoms with E-state index < -0.39 is 0 Å². The van der Waals surface area contributed by atoms with Crippen LogP contribution in [0.1, 0.15) is 25.8 Å². The van der Waals surface area contributed by atoms with Gasteiger partial charge in [-0.2, -0.15) is 0 Å². The van der Waals surface area contributed by atoms with Crippen LogP contribution < -0.4 is 4.90 Å². The Bertz CT molecular complexity index is 436. The molecule has 0 radical (unpaired) electrons. The molecule has 1 aromatic rings. The number of anilines is 1. The van der Waals surface area contributed by atoms with Crippen LogP contribution in [0, 0.1) is 12.8 Å². The molecule has 1 aliphatic heterocycles. The molecule has 1 amide bonds. The molecule has 19 heavy (non-hydrogen) atoms. The van der Waals surface area contributed by atoms with Crippen LogP contribution >= 0.6 is 0 Å². The molecule has 0 aliphatic carbocycles. The molecule has 1 aliphatic rings. The molecule has 1 unspecified atom stereocenters. The molecule has 1 atom stereocenters. The van der Waals surface area contributed by atoms with Crippen molar-refractivity contribution in [2.45, 2.75) is 27.2 Å². The van der Waals surface area contributed by atoms with Crippen molar-refractivity contribution < 1.29 is 4.79 Å². The predicted octanol–water partition coefficient (Wildman–Crippen LogP) is 2.69. The fourth-order valence-corrected chi connectivity index (χ4v) is 2.50. The molecule has 1 saturated heterocycles. The third kappa shape index (κ3) is 3.28. The summed E-state index contributed by atoms with van der Waals surface area (Å²) in [5.74, 6) is 0.469. The zero-order valence-corrected chi connectivity index (χ0v) is 12.2. The summed E-state index contributed by atoms with van der Waals surface area (Å²) in [5.41, 5.74) is 2.56. The number of rotatable bonds is 3. The Morgan fingerprint density at radius 3 is 2.53 bits per heavy atom. The van der Waals surface area contributed by atoms with Crippen molar-refractivity contribution in [2.75, 3.05) is 31.1 Å². The third-order valence-electron chi connectivity index (χ3n) is 3.99. The third-order valence-corrected chi connectivity index (χ3v) is 3.99. The van der Waals surface area contributed by atoms with Gasteiger partial charge in [-0.3, -0.25) is 4.79 Å². The number of carbonyl (C=O) groups is 1. The number of hydrogen-bond acceptors (Lipinski definition) is 2. The summed E-state index contributed by atoms with van der Waals surface area (Å²) in [6.45, 7) is 9.78. The summed E-state index contributed by atoms with van der Waals surface area (Å²) in [4.78, 5) is 16.5. The van der Waals surface area contributed by atoms with E-state index >= 15 is 0 Å². The van der Waals surface area contributed by atoms with Crippen molar-refractivity contribution in [2.24, 2.45) is 5.92 Å². The topological polar surface area (TPSA) is 23.6 Å². The second-order valence-corrected chi connectivity index (χ2v) is 5.46. The molecule has 0 saturated carbocycles. The van der Waals surface area contributed by atoms with E-state index in [1.54, 1.807) is 0 Å². The monoisotopic (exact) mass is 260 g/mol. The number of amides is 1. The van der Waals surface area contributed by atoms with E-state index in [0.29, 0.717) is 5.91 Å². The number of aryl methyl sites for hydroxylation is 1. The first kappa shape index (κ1) is 13.9. The Balaban J connectivity index is 1.94. The van der Waals surface area contributed by atoms with Gasteiger partial charge in [-0.1, -0.05) is 26.0 Å². The smallest absolute Gasteiger partial charge is 0.225 e. The second kappa shape index (κ2) is 6.09. The van der Waals surface area contributed by atoms with E-state index in [-0.39, 0.29) is 5.92 Å². The van der Waals surface area contributed by atoms with Crippen molar-refractivity contribution in [3.8, 4) is 0 Å². The van der Waals surface area contributed by atoms with Crippen LogP contribution in [0.5, 0.6) is 0 Å². The minimum absolute atomic E-state index is 0.158. The quantitative estimate of drug-likeness (QED) is 0.834. The molecule has 0 spiro atoms. The van der Waals surface area contributed by atoms with Gasteiger partial charge in [0.05, 0.1) is 0 Å². The fraction of sp³-hybridized carbons (Fsp3) is 0.562. The number of benzene rings is 1. The van der Waals surface area contributed by atoms with Crippen molar-refractivity contribution in [1.29, 1.82) is 0 Å². The Hall–Kier alpha value is -1.51. The second-order valence-electron chi connectivity index (χ2n) is 5.46. The lowest BCUT2D eigenvalue weighted by molar-refractivity contribution is -0.135. The predicted molar refractivity (Wildman–Crippen MR) is 79.4 cm³/mol. The molecular formula is C16H24N2O. The maximum atomic E-state index is 12.1. The summed E-state index contributed by atoms with van der Waals surface area (Å²) in [6, 6.07) is 8.58. The average Bonchev–Trinajstić information content (AvgIpc) is 2.46. The molecule has 1 heterocycles. The van der Waals surface area contributed by atoms with Gasteiger partial charge in [0, 0.05) is 37.8 Å². The minimum atomic E-state index is 0.158. The molecule has 3 nitrogen and oxygen atoms in total. The van der Waals surface area contributed by atoms with Gasteiger partial charge in [-0.25, -0.2) is 0 Å². The van der Waals surface area contributed by atoms with Crippen molar-refractivity contribution in [1.82, 2.24) is 4.90 Å². The van der Waals surface area contributed by atoms with Crippen molar-refractivity contribution >= 4 is 11.6 Å². The van der Waals surface area contributed by atoms with Gasteiger partial charge < -0.3 is 9.80 Å². The first-order chi connectivity index (χ1) is 9.11. The van der Waals surface area contributed by atoms with Crippen LogP contribution in [-0.4, -0.2) is 37.0 Å². The van der Waals surface area contributed by atoms with E-state index in [0.717, 1.165) is 32.6 Å². The highest BCUT2D eigenvalue weighted by atomic mass is 16.2. The van der Waals surface area contributed by atoms with E-state index in [9.17, 15) is 4.79 Å². The summed E-state index contributed by atoms with van der Waals surface area (Å²) < 4.78 is 0. The molecule has 0 bridgehead atoms. The van der Waals surface area contributed by atoms with E-state index in [1.165, 1.54) is 11.3 Å². The number of nitrogens with zero attached hydrogens (tertiary/aromatic N) is 2. The molecule has 3 heteroatoms. The van der Waals surface area contributed by atoms with Crippen LogP contribution in [-0.2, 0) is 4.79 Å². The van der Waals surface area contributed by atoms with E-state index in [2.05, 4.69) is 43.0 Å². The molecule has 0 aromatic heterocycles. The first-order valence-electron chi connectivity index (χ1n) is 7.22. The van der Waals surface area contributed by atoms with Crippen LogP contribution in [0.15, 0.2) is 24.3 Å². The molecule has 104 valence electrons. The zero-order chi connectivity index (χ0) is 13.8. The van der Waals surface area contributed by atoms with Gasteiger partial charge in [0.15, 0.2) is 0 Å². The Kier molecular flexibility index (Phi) is 4.46. The van der Waals surface area contributed by atoms with Gasteiger partial charge in [0.2, 0.25) is 5.91 Å². The van der Waals surface area contributed by atoms with Crippen molar-refractivity contribution in [3.05, 3.63) is 29.8 Å². The molecule has 0 N–H and O–H groups in total. The number of carbonyl (C=O) groups excluding carboxylic acids is 1. The highest BCUT2D eigenvalue weighted by Gasteiger charge is 2.23. The van der Waals surface area contributed by atoms with Gasteiger partial charge in [0.25, 0.3) is 0 Å². The van der Waals surface area contributed by atoms with Gasteiger partial charge in [-0.05, 0) is 31.0 Å². The maximum Gasteiger partial charge on any atom is 0.225 e. The summed E-state index contributed by atoms with van der Waals surface area (Å²) in [6.07, 6.45) is 0.928. The Morgan fingerprint density at radius 2 is 1.95 bits per heavy atom. The van der Waals surface area contributed by atoms with E-state index in [1.807, 2.05) is 11.8 Å². The van der Waals surface area contributed by atoms with Gasteiger partial charge in [-0.15, -0.1) is 0 Å². The zero-order valence-electron chi connectivity index (χ0n) is 12.2. The summed E-state index contributed by atoms with van der Waals surface area (Å²) in [5, 5.41) is 0. The normalized spacial score (nSPS) is 17.4. The van der Waals surface area contributed by atoms with Crippen molar-refractivity contribution in [3.63, 3.8) is 0 Å². The van der Waals surface area contributed by atoms with Crippen LogP contribution in [0.25, 0.3) is 0 Å². The first-order valence-corrected chi connectivity index (χ1v) is 7.22. The lowest BCUT2D eigenvalue weighted by Gasteiger charge is -2.37. The summed E-state index contributed by atoms with van der Waals surface area (Å²) >= 11 is 0. The Labute approximate surface area is 116 Å². The molecule has 1 fully saturated rings. The molecule has 2 rings (SSSR count). The average molecular weight is 260 g/mol. The SMILES string of the molecule is CCC(C)C(=O)N1CCN(c2cccc(C)c2)CC1. The van der Waals surface area contributed by atoms with Crippen LogP contribution in [0.4, 0.5) is 5.69 Å². The Morgan fingerprint density at radius 1 is 1.26 bits per heavy atom. The highest BCUT2D eigenvalue weighted by Crippen LogP contribution is 2.18. The lowest BCUT2D eigenvalue weighted by Crippen LogP contribution is -2.50. The van der Waals surface area contributed by atoms with Crippen LogP contribution in [0.3, 0.4) is 0 Å². The van der Waals surface area contributed by atoms with Crippen LogP contribution in [0.2, 0.25) is 0 Å². The summed E-state index contributed by atoms with van der Waals surface area (Å²) in [7, 11) is 0. The number of hydrogen-bond donors (Lipinski definition) is 0. The van der Waals surface area contributed by atoms with Gasteiger partial charge in [0.1, 0.15) is 0 Å². The minimum Gasteiger partial charge on any atom is -0.368 e.